The summed E-state index contributed by atoms with van der Waals surface area (Å²) in [6.07, 6.45) is 6.70. The number of rotatable bonds is 6. The van der Waals surface area contributed by atoms with E-state index in [1.807, 2.05) is 49.5 Å². The number of carbonyl (C=O) groups is 2. The van der Waals surface area contributed by atoms with Crippen molar-refractivity contribution in [2.24, 2.45) is 0 Å². The first-order valence-electron chi connectivity index (χ1n) is 14.8. The molecule has 3 aliphatic rings. The van der Waals surface area contributed by atoms with Crippen molar-refractivity contribution in [3.05, 3.63) is 82.3 Å². The van der Waals surface area contributed by atoms with Gasteiger partial charge in [0.2, 0.25) is 0 Å². The standard InChI is InChI=1S/C33H34N4O5/c1-3-40-32(39)31-30-22(18-34-31)28(29-24(35-30)10-8-12-26(29)38)20-15-19(2)16-21(17-20)42-33-36-23-9-4-5-11-25(23)37(33)27-13-6-7-14-41-27/h4-5,9,11,15-18,27-28,34-35H,3,6-8,10,12-14H2,1-2H3. The van der Waals surface area contributed by atoms with Crippen LogP contribution in [0.3, 0.4) is 0 Å². The van der Waals surface area contributed by atoms with Gasteiger partial charge in [-0.25, -0.2) is 4.79 Å². The van der Waals surface area contributed by atoms with Crippen LogP contribution in [0, 0.1) is 6.92 Å². The lowest BCUT2D eigenvalue weighted by atomic mass is 9.76. The molecule has 0 saturated carbocycles. The fourth-order valence-corrected chi connectivity index (χ4v) is 6.55. The number of para-hydroxylation sites is 2. The van der Waals surface area contributed by atoms with Gasteiger partial charge in [0.1, 0.15) is 17.7 Å². The van der Waals surface area contributed by atoms with E-state index in [1.165, 1.54) is 0 Å². The monoisotopic (exact) mass is 566 g/mol. The third kappa shape index (κ3) is 4.58. The zero-order chi connectivity index (χ0) is 28.8. The molecule has 7 rings (SSSR count). The number of aromatic nitrogens is 3. The number of benzene rings is 2. The summed E-state index contributed by atoms with van der Waals surface area (Å²) in [5.74, 6) is -0.0259. The molecule has 1 fully saturated rings. The molecule has 4 heterocycles. The SMILES string of the molecule is CCOC(=O)c1[nH]cc2c1NC1=C(C(=O)CCC1)C2c1cc(C)cc(Oc2nc3ccccc3n2C2CCCCO2)c1. The fourth-order valence-electron chi connectivity index (χ4n) is 6.55. The number of hydrogen-bond acceptors (Lipinski definition) is 7. The molecule has 4 aromatic rings. The third-order valence-electron chi connectivity index (χ3n) is 8.34. The van der Waals surface area contributed by atoms with Crippen molar-refractivity contribution in [3.8, 4) is 11.8 Å². The van der Waals surface area contributed by atoms with Crippen LogP contribution in [-0.4, -0.2) is 39.5 Å². The van der Waals surface area contributed by atoms with Crippen LogP contribution in [0.25, 0.3) is 11.0 Å². The average molecular weight is 567 g/mol. The number of aromatic amines is 1. The number of allylic oxidation sites excluding steroid dienone is 2. The van der Waals surface area contributed by atoms with Crippen LogP contribution in [-0.2, 0) is 14.3 Å². The number of nitrogens with zero attached hydrogens (tertiary/aromatic N) is 2. The van der Waals surface area contributed by atoms with Crippen LogP contribution in [0.5, 0.6) is 11.8 Å². The Morgan fingerprint density at radius 2 is 2.02 bits per heavy atom. The number of anilines is 1. The van der Waals surface area contributed by atoms with Crippen molar-refractivity contribution in [3.63, 3.8) is 0 Å². The summed E-state index contributed by atoms with van der Waals surface area (Å²) >= 11 is 0. The van der Waals surface area contributed by atoms with Gasteiger partial charge in [0.25, 0.3) is 0 Å². The lowest BCUT2D eigenvalue weighted by Gasteiger charge is -2.33. The van der Waals surface area contributed by atoms with Crippen molar-refractivity contribution in [2.45, 2.75) is 64.5 Å². The minimum Gasteiger partial charge on any atom is -0.461 e. The van der Waals surface area contributed by atoms with Gasteiger partial charge in [-0.3, -0.25) is 9.36 Å². The first-order valence-corrected chi connectivity index (χ1v) is 14.8. The molecule has 2 N–H and O–H groups in total. The molecule has 0 spiro atoms. The fraction of sp³-hybridized carbons (Fsp3) is 0.364. The molecular formula is C33H34N4O5. The molecule has 2 aromatic heterocycles. The highest BCUT2D eigenvalue weighted by atomic mass is 16.5. The summed E-state index contributed by atoms with van der Waals surface area (Å²) < 4.78 is 20.1. The van der Waals surface area contributed by atoms with E-state index in [0.29, 0.717) is 36.2 Å². The number of Topliss-reactive ketones (excluding diaryl/α,β-unsaturated/α-hetero) is 1. The number of ketones is 1. The normalized spacial score (nSPS) is 20.2. The summed E-state index contributed by atoms with van der Waals surface area (Å²) in [4.78, 5) is 34.1. The second-order valence-electron chi connectivity index (χ2n) is 11.2. The van der Waals surface area contributed by atoms with Crippen LogP contribution in [0.15, 0.2) is 59.9 Å². The molecule has 1 saturated heterocycles. The highest BCUT2D eigenvalue weighted by molar-refractivity contribution is 6.03. The number of aryl methyl sites for hydroxylation is 1. The molecular weight excluding hydrogens is 532 g/mol. The number of H-pyrrole nitrogens is 1. The molecule has 0 amide bonds. The molecule has 216 valence electrons. The van der Waals surface area contributed by atoms with E-state index in [2.05, 4.69) is 20.9 Å². The van der Waals surface area contributed by atoms with Crippen LogP contribution >= 0.6 is 0 Å². The number of fused-ring (bicyclic) bond motifs is 2. The van der Waals surface area contributed by atoms with E-state index in [4.69, 9.17) is 19.2 Å². The van der Waals surface area contributed by atoms with Gasteiger partial charge < -0.3 is 24.5 Å². The lowest BCUT2D eigenvalue weighted by Crippen LogP contribution is -2.27. The van der Waals surface area contributed by atoms with Gasteiger partial charge in [-0.1, -0.05) is 18.2 Å². The Morgan fingerprint density at radius 3 is 2.86 bits per heavy atom. The Hall–Kier alpha value is -4.37. The number of hydrogen-bond donors (Lipinski definition) is 2. The van der Waals surface area contributed by atoms with Gasteiger partial charge in [-0.05, 0) is 81.3 Å². The third-order valence-corrected chi connectivity index (χ3v) is 8.34. The van der Waals surface area contributed by atoms with Gasteiger partial charge in [0, 0.05) is 42.0 Å². The highest BCUT2D eigenvalue weighted by Gasteiger charge is 2.38. The minimum atomic E-state index is -0.423. The molecule has 2 atom stereocenters. The first-order chi connectivity index (χ1) is 20.5. The Bertz CT molecular complexity index is 1730. The number of nitrogens with one attached hydrogen (secondary N) is 2. The molecule has 42 heavy (non-hydrogen) atoms. The molecule has 2 aliphatic heterocycles. The second-order valence-corrected chi connectivity index (χ2v) is 11.2. The van der Waals surface area contributed by atoms with Crippen molar-refractivity contribution in [2.75, 3.05) is 18.5 Å². The van der Waals surface area contributed by atoms with Crippen LogP contribution in [0.1, 0.15) is 84.8 Å². The van der Waals surface area contributed by atoms with Crippen molar-refractivity contribution >= 4 is 28.5 Å². The Kier molecular flexibility index (Phi) is 6.82. The van der Waals surface area contributed by atoms with E-state index >= 15 is 0 Å². The maximum Gasteiger partial charge on any atom is 0.356 e. The van der Waals surface area contributed by atoms with Gasteiger partial charge in [-0.2, -0.15) is 4.98 Å². The number of ether oxygens (including phenoxy) is 3. The van der Waals surface area contributed by atoms with Gasteiger partial charge in [-0.15, -0.1) is 0 Å². The van der Waals surface area contributed by atoms with Crippen LogP contribution in [0.2, 0.25) is 0 Å². The Balaban J connectivity index is 1.32. The van der Waals surface area contributed by atoms with E-state index in [0.717, 1.165) is 71.1 Å². The van der Waals surface area contributed by atoms with E-state index in [-0.39, 0.29) is 24.5 Å². The lowest BCUT2D eigenvalue weighted by molar-refractivity contribution is -0.116. The molecule has 1 aliphatic carbocycles. The van der Waals surface area contributed by atoms with Crippen LogP contribution in [0.4, 0.5) is 5.69 Å². The summed E-state index contributed by atoms with van der Waals surface area (Å²) in [5, 5.41) is 3.41. The van der Waals surface area contributed by atoms with Gasteiger partial charge in [0.05, 0.1) is 23.3 Å². The predicted octanol–water partition coefficient (Wildman–Crippen LogP) is 6.91. The number of esters is 1. The number of carbonyl (C=O) groups excluding carboxylic acids is 2. The second kappa shape index (κ2) is 10.8. The van der Waals surface area contributed by atoms with E-state index in [1.54, 1.807) is 6.92 Å². The van der Waals surface area contributed by atoms with Gasteiger partial charge >= 0.3 is 12.0 Å². The zero-order valence-corrected chi connectivity index (χ0v) is 23.9. The molecule has 2 aromatic carbocycles. The Morgan fingerprint density at radius 1 is 1.14 bits per heavy atom. The summed E-state index contributed by atoms with van der Waals surface area (Å²) in [6, 6.07) is 14.5. The Labute approximate surface area is 243 Å². The van der Waals surface area contributed by atoms with Gasteiger partial charge in [0.15, 0.2) is 5.78 Å². The minimum absolute atomic E-state index is 0.124. The van der Waals surface area contributed by atoms with Crippen molar-refractivity contribution < 1.29 is 23.8 Å². The summed E-state index contributed by atoms with van der Waals surface area (Å²) in [7, 11) is 0. The van der Waals surface area contributed by atoms with Crippen molar-refractivity contribution in [1.82, 2.24) is 14.5 Å². The average Bonchev–Trinajstić information content (AvgIpc) is 3.57. The summed E-state index contributed by atoms with van der Waals surface area (Å²) in [6.45, 7) is 4.79. The summed E-state index contributed by atoms with van der Waals surface area (Å²) in [5.41, 5.74) is 7.23. The molecule has 0 bridgehead atoms. The topological polar surface area (TPSA) is 107 Å². The maximum absolute atomic E-state index is 13.4. The largest absolute Gasteiger partial charge is 0.461 e. The maximum atomic E-state index is 13.4. The molecule has 9 heteroatoms. The molecule has 9 nitrogen and oxygen atoms in total. The molecule has 2 unspecified atom stereocenters. The quantitative estimate of drug-likeness (QED) is 0.244. The first kappa shape index (κ1) is 26.5. The van der Waals surface area contributed by atoms with Crippen LogP contribution < -0.4 is 10.1 Å². The van der Waals surface area contributed by atoms with E-state index in [9.17, 15) is 9.59 Å². The smallest absolute Gasteiger partial charge is 0.356 e. The van der Waals surface area contributed by atoms with Crippen molar-refractivity contribution in [1.29, 1.82) is 0 Å². The molecule has 0 radical (unpaired) electrons. The predicted molar refractivity (Wildman–Crippen MR) is 158 cm³/mol. The number of imidazole rings is 1. The zero-order valence-electron chi connectivity index (χ0n) is 23.9. The van der Waals surface area contributed by atoms with E-state index < -0.39 is 5.97 Å². The highest BCUT2D eigenvalue weighted by Crippen LogP contribution is 2.47.